The molecule has 0 bridgehead atoms. The Morgan fingerprint density at radius 2 is 1.88 bits per heavy atom. The smallest absolute Gasteiger partial charge is 0.317 e. The van der Waals surface area contributed by atoms with E-state index in [0.29, 0.717) is 13.2 Å². The average molecular weight is 237 g/mol. The highest BCUT2D eigenvalue weighted by Gasteiger charge is 2.02. The van der Waals surface area contributed by atoms with Gasteiger partial charge < -0.3 is 15.2 Å². The summed E-state index contributed by atoms with van der Waals surface area (Å²) in [5, 5.41) is 11.2. The Balaban J connectivity index is 2.41. The van der Waals surface area contributed by atoms with Gasteiger partial charge in [0.05, 0.1) is 6.54 Å². The molecule has 94 valence electrons. The minimum atomic E-state index is -0.854. The van der Waals surface area contributed by atoms with Crippen molar-refractivity contribution in [3.05, 3.63) is 28.8 Å². The topological polar surface area (TPSA) is 58.6 Å². The average Bonchev–Trinajstić information content (AvgIpc) is 2.24. The van der Waals surface area contributed by atoms with Crippen molar-refractivity contribution in [3.63, 3.8) is 0 Å². The molecule has 1 rings (SSSR count). The predicted octanol–water partition coefficient (Wildman–Crippen LogP) is 1.66. The molecule has 0 aliphatic rings. The van der Waals surface area contributed by atoms with E-state index in [2.05, 4.69) is 18.3 Å². The molecule has 17 heavy (non-hydrogen) atoms. The Morgan fingerprint density at radius 1 is 1.24 bits per heavy atom. The quantitative estimate of drug-likeness (QED) is 0.739. The number of benzene rings is 1. The van der Waals surface area contributed by atoms with Crippen molar-refractivity contribution < 1.29 is 14.6 Å². The number of carboxylic acids is 1. The number of rotatable bonds is 6. The lowest BCUT2D eigenvalue weighted by Crippen LogP contribution is -2.27. The van der Waals surface area contributed by atoms with E-state index in [-0.39, 0.29) is 6.54 Å². The number of hydrogen-bond donors (Lipinski definition) is 2. The van der Waals surface area contributed by atoms with Crippen LogP contribution in [0, 0.1) is 20.8 Å². The molecule has 0 fully saturated rings. The van der Waals surface area contributed by atoms with Gasteiger partial charge in [0.25, 0.3) is 0 Å². The number of nitrogens with one attached hydrogen (secondary N) is 1. The fourth-order valence-corrected chi connectivity index (χ4v) is 1.52. The van der Waals surface area contributed by atoms with Gasteiger partial charge in [0, 0.05) is 6.54 Å². The highest BCUT2D eigenvalue weighted by molar-refractivity contribution is 5.68. The maximum atomic E-state index is 10.3. The van der Waals surface area contributed by atoms with Gasteiger partial charge in [-0.05, 0) is 43.5 Å². The number of aliphatic carboxylic acids is 1. The molecule has 4 heteroatoms. The van der Waals surface area contributed by atoms with Gasteiger partial charge in [-0.15, -0.1) is 0 Å². The zero-order chi connectivity index (χ0) is 12.8. The summed E-state index contributed by atoms with van der Waals surface area (Å²) in [5.41, 5.74) is 3.55. The lowest BCUT2D eigenvalue weighted by Gasteiger charge is -2.11. The van der Waals surface area contributed by atoms with Crippen LogP contribution < -0.4 is 10.1 Å². The second-order valence-electron chi connectivity index (χ2n) is 4.12. The molecule has 0 saturated heterocycles. The molecule has 0 saturated carbocycles. The van der Waals surface area contributed by atoms with E-state index in [1.165, 1.54) is 11.1 Å². The van der Waals surface area contributed by atoms with Gasteiger partial charge >= 0.3 is 5.97 Å². The van der Waals surface area contributed by atoms with Gasteiger partial charge in [-0.2, -0.15) is 0 Å². The summed E-state index contributed by atoms with van der Waals surface area (Å²) in [6.45, 7) is 7.09. The first-order valence-electron chi connectivity index (χ1n) is 5.64. The summed E-state index contributed by atoms with van der Waals surface area (Å²) in [6.07, 6.45) is 0. The first-order chi connectivity index (χ1) is 8.00. The Labute approximate surface area is 102 Å². The molecule has 0 aliphatic heterocycles. The van der Waals surface area contributed by atoms with Crippen LogP contribution in [0.3, 0.4) is 0 Å². The van der Waals surface area contributed by atoms with Crippen molar-refractivity contribution in [2.75, 3.05) is 19.7 Å². The van der Waals surface area contributed by atoms with Crippen LogP contribution >= 0.6 is 0 Å². The van der Waals surface area contributed by atoms with Gasteiger partial charge in [0.2, 0.25) is 0 Å². The van der Waals surface area contributed by atoms with Crippen molar-refractivity contribution in [2.45, 2.75) is 20.8 Å². The van der Waals surface area contributed by atoms with Crippen LogP contribution in [0.1, 0.15) is 16.7 Å². The van der Waals surface area contributed by atoms with Crippen molar-refractivity contribution in [2.24, 2.45) is 0 Å². The van der Waals surface area contributed by atoms with Crippen molar-refractivity contribution in [3.8, 4) is 5.75 Å². The van der Waals surface area contributed by atoms with Crippen LogP contribution in [0.4, 0.5) is 0 Å². The molecular formula is C13H19NO3. The largest absolute Gasteiger partial charge is 0.492 e. The second kappa shape index (κ2) is 6.25. The third-order valence-electron chi connectivity index (χ3n) is 2.60. The standard InChI is InChI=1S/C13H19NO3/c1-9-6-11(3)12(7-10(9)2)17-5-4-14-8-13(15)16/h6-7,14H,4-5,8H2,1-3H3,(H,15,16). The van der Waals surface area contributed by atoms with Gasteiger partial charge in [0.15, 0.2) is 0 Å². The fraction of sp³-hybridized carbons (Fsp3) is 0.462. The van der Waals surface area contributed by atoms with E-state index in [0.717, 1.165) is 11.3 Å². The third-order valence-corrected chi connectivity index (χ3v) is 2.60. The van der Waals surface area contributed by atoms with Crippen LogP contribution in [0.2, 0.25) is 0 Å². The first kappa shape index (κ1) is 13.5. The highest BCUT2D eigenvalue weighted by Crippen LogP contribution is 2.21. The van der Waals surface area contributed by atoms with Crippen LogP contribution in [0.5, 0.6) is 5.75 Å². The molecule has 0 atom stereocenters. The molecule has 1 aromatic carbocycles. The zero-order valence-corrected chi connectivity index (χ0v) is 10.5. The van der Waals surface area contributed by atoms with E-state index < -0.39 is 5.97 Å². The number of carbonyl (C=O) groups is 1. The molecule has 0 aromatic heterocycles. The fourth-order valence-electron chi connectivity index (χ4n) is 1.52. The molecular weight excluding hydrogens is 218 g/mol. The van der Waals surface area contributed by atoms with Crippen LogP contribution in [0.25, 0.3) is 0 Å². The summed E-state index contributed by atoms with van der Waals surface area (Å²) in [7, 11) is 0. The van der Waals surface area contributed by atoms with Crippen molar-refractivity contribution in [1.29, 1.82) is 0 Å². The molecule has 0 unspecified atom stereocenters. The van der Waals surface area contributed by atoms with Gasteiger partial charge in [-0.25, -0.2) is 0 Å². The summed E-state index contributed by atoms with van der Waals surface area (Å²) >= 11 is 0. The molecule has 4 nitrogen and oxygen atoms in total. The molecule has 1 aromatic rings. The molecule has 2 N–H and O–H groups in total. The van der Waals surface area contributed by atoms with Crippen molar-refractivity contribution in [1.82, 2.24) is 5.32 Å². The van der Waals surface area contributed by atoms with Gasteiger partial charge in [-0.3, -0.25) is 4.79 Å². The Bertz CT molecular complexity index is 402. The lowest BCUT2D eigenvalue weighted by molar-refractivity contribution is -0.135. The maximum Gasteiger partial charge on any atom is 0.317 e. The van der Waals surface area contributed by atoms with E-state index in [1.54, 1.807) is 0 Å². The normalized spacial score (nSPS) is 10.3. The monoisotopic (exact) mass is 237 g/mol. The highest BCUT2D eigenvalue weighted by atomic mass is 16.5. The van der Waals surface area contributed by atoms with E-state index in [1.807, 2.05) is 19.9 Å². The lowest BCUT2D eigenvalue weighted by atomic mass is 10.1. The van der Waals surface area contributed by atoms with Gasteiger partial charge in [0.1, 0.15) is 12.4 Å². The number of carboxylic acid groups (broad SMARTS) is 1. The minimum absolute atomic E-state index is 0.0325. The van der Waals surface area contributed by atoms with Crippen LogP contribution in [-0.4, -0.2) is 30.8 Å². The molecule has 0 spiro atoms. The second-order valence-corrected chi connectivity index (χ2v) is 4.12. The predicted molar refractivity (Wildman–Crippen MR) is 66.7 cm³/mol. The Morgan fingerprint density at radius 3 is 2.53 bits per heavy atom. The maximum absolute atomic E-state index is 10.3. The SMILES string of the molecule is Cc1cc(C)c(OCCNCC(=O)O)cc1C. The Kier molecular flexibility index (Phi) is 4.97. The zero-order valence-electron chi connectivity index (χ0n) is 10.5. The molecule has 0 aliphatic carbocycles. The summed E-state index contributed by atoms with van der Waals surface area (Å²) in [4.78, 5) is 10.3. The summed E-state index contributed by atoms with van der Waals surface area (Å²) < 4.78 is 5.60. The number of aryl methyl sites for hydroxylation is 3. The van der Waals surface area contributed by atoms with Crippen LogP contribution in [0.15, 0.2) is 12.1 Å². The first-order valence-corrected chi connectivity index (χ1v) is 5.64. The number of ether oxygens (including phenoxy) is 1. The molecule has 0 heterocycles. The van der Waals surface area contributed by atoms with E-state index >= 15 is 0 Å². The van der Waals surface area contributed by atoms with E-state index in [9.17, 15) is 4.79 Å². The van der Waals surface area contributed by atoms with E-state index in [4.69, 9.17) is 9.84 Å². The van der Waals surface area contributed by atoms with Crippen LogP contribution in [-0.2, 0) is 4.79 Å². The minimum Gasteiger partial charge on any atom is -0.492 e. The van der Waals surface area contributed by atoms with Gasteiger partial charge in [-0.1, -0.05) is 6.07 Å². The third kappa shape index (κ3) is 4.44. The summed E-state index contributed by atoms with van der Waals surface area (Å²) in [6, 6.07) is 4.11. The van der Waals surface area contributed by atoms with Crippen molar-refractivity contribution >= 4 is 5.97 Å². The number of hydrogen-bond acceptors (Lipinski definition) is 3. The molecule has 0 radical (unpaired) electrons. The molecule has 0 amide bonds. The Hall–Kier alpha value is -1.55. The summed E-state index contributed by atoms with van der Waals surface area (Å²) in [5.74, 6) is 0.0117.